The molecule has 132 valence electrons. The first-order chi connectivity index (χ1) is 12.7. The van der Waals surface area contributed by atoms with E-state index in [1.165, 1.54) is 11.8 Å². The molecule has 0 saturated heterocycles. The zero-order valence-corrected chi connectivity index (χ0v) is 16.1. The molecule has 0 N–H and O–H groups in total. The lowest BCUT2D eigenvalue weighted by Gasteiger charge is -2.19. The molecule has 1 atom stereocenters. The van der Waals surface area contributed by atoms with Gasteiger partial charge in [0.2, 0.25) is 0 Å². The van der Waals surface area contributed by atoms with Crippen molar-refractivity contribution in [3.05, 3.63) is 75.8 Å². The van der Waals surface area contributed by atoms with Gasteiger partial charge in [0.25, 0.3) is 5.91 Å². The quantitative estimate of drug-likeness (QED) is 0.532. The highest BCUT2D eigenvalue weighted by atomic mass is 35.5. The molecule has 1 amide bonds. The minimum absolute atomic E-state index is 0.0668. The zero-order chi connectivity index (χ0) is 17.9. The molecule has 0 spiro atoms. The van der Waals surface area contributed by atoms with Gasteiger partial charge in [0.05, 0.1) is 27.6 Å². The van der Waals surface area contributed by atoms with Crippen LogP contribution in [0.5, 0.6) is 0 Å². The monoisotopic (exact) mass is 402 g/mol. The fourth-order valence-electron chi connectivity index (χ4n) is 2.80. The molecule has 7 heteroatoms. The van der Waals surface area contributed by atoms with E-state index in [0.29, 0.717) is 11.4 Å². The second-order valence-corrected chi connectivity index (χ2v) is 8.09. The summed E-state index contributed by atoms with van der Waals surface area (Å²) in [5.74, 6) is 0.946. The number of nitrogens with zero attached hydrogens (tertiary/aromatic N) is 2. The first-order valence-electron chi connectivity index (χ1n) is 8.06. The lowest BCUT2D eigenvalue weighted by molar-refractivity contribution is -0.130. The molecule has 0 aliphatic carbocycles. The molecule has 26 heavy (non-hydrogen) atoms. The van der Waals surface area contributed by atoms with Crippen LogP contribution < -0.4 is 0 Å². The number of furan rings is 1. The summed E-state index contributed by atoms with van der Waals surface area (Å²) >= 11 is 9.22. The maximum Gasteiger partial charge on any atom is 0.253 e. The van der Waals surface area contributed by atoms with Crippen LogP contribution in [0.15, 0.2) is 74.6 Å². The largest absolute Gasteiger partial charge is 0.467 e. The van der Waals surface area contributed by atoms with E-state index in [1.54, 1.807) is 22.6 Å². The van der Waals surface area contributed by atoms with Crippen LogP contribution in [0.4, 0.5) is 0 Å². The standard InChI is InChI=1S/C19H15ClN2O2S2/c20-13-5-1-2-7-17(13)26-12-19(23)22-15(16-6-3-9-24-16)11-14(21-22)18-8-4-10-25-18/h1-10,15H,11-12H2. The molecule has 1 aromatic carbocycles. The minimum Gasteiger partial charge on any atom is -0.467 e. The summed E-state index contributed by atoms with van der Waals surface area (Å²) in [6.45, 7) is 0. The molecule has 1 unspecified atom stereocenters. The number of carbonyl (C=O) groups is 1. The lowest BCUT2D eigenvalue weighted by atomic mass is 10.1. The molecule has 0 radical (unpaired) electrons. The van der Waals surface area contributed by atoms with E-state index in [4.69, 9.17) is 16.0 Å². The van der Waals surface area contributed by atoms with E-state index in [0.717, 1.165) is 21.2 Å². The van der Waals surface area contributed by atoms with Gasteiger partial charge in [0, 0.05) is 11.3 Å². The second kappa shape index (κ2) is 7.70. The van der Waals surface area contributed by atoms with Crippen molar-refractivity contribution in [3.63, 3.8) is 0 Å². The molecule has 2 aromatic heterocycles. The van der Waals surface area contributed by atoms with E-state index in [1.807, 2.05) is 53.9 Å². The number of halogens is 1. The number of hydrogen-bond donors (Lipinski definition) is 0. The highest BCUT2D eigenvalue weighted by Crippen LogP contribution is 2.35. The van der Waals surface area contributed by atoms with Gasteiger partial charge >= 0.3 is 0 Å². The van der Waals surface area contributed by atoms with Gasteiger partial charge in [-0.2, -0.15) is 5.10 Å². The molecular weight excluding hydrogens is 388 g/mol. The van der Waals surface area contributed by atoms with Crippen molar-refractivity contribution in [2.75, 3.05) is 5.75 Å². The fraction of sp³-hybridized carbons (Fsp3) is 0.158. The Morgan fingerprint density at radius 3 is 2.88 bits per heavy atom. The molecule has 0 bridgehead atoms. The molecule has 0 fully saturated rings. The molecule has 4 nitrogen and oxygen atoms in total. The van der Waals surface area contributed by atoms with Gasteiger partial charge in [0.15, 0.2) is 0 Å². The molecule has 4 rings (SSSR count). The summed E-state index contributed by atoms with van der Waals surface area (Å²) in [4.78, 5) is 14.8. The summed E-state index contributed by atoms with van der Waals surface area (Å²) in [7, 11) is 0. The second-order valence-electron chi connectivity index (χ2n) is 5.72. The normalized spacial score (nSPS) is 16.7. The van der Waals surface area contributed by atoms with Crippen molar-refractivity contribution >= 4 is 46.3 Å². The van der Waals surface area contributed by atoms with Gasteiger partial charge in [-0.25, -0.2) is 5.01 Å². The average Bonchev–Trinajstić information content (AvgIpc) is 3.41. The van der Waals surface area contributed by atoms with Gasteiger partial charge in [-0.05, 0) is 35.7 Å². The fourth-order valence-corrected chi connectivity index (χ4v) is 4.61. The van der Waals surface area contributed by atoms with Crippen LogP contribution in [0.25, 0.3) is 0 Å². The minimum atomic E-state index is -0.207. The Hall–Kier alpha value is -2.02. The summed E-state index contributed by atoms with van der Waals surface area (Å²) in [5, 5.41) is 8.82. The highest BCUT2D eigenvalue weighted by molar-refractivity contribution is 8.00. The Morgan fingerprint density at radius 1 is 1.27 bits per heavy atom. The van der Waals surface area contributed by atoms with Crippen molar-refractivity contribution in [1.29, 1.82) is 0 Å². The molecule has 1 aliphatic heterocycles. The van der Waals surface area contributed by atoms with Crippen LogP contribution in [0, 0.1) is 0 Å². The Kier molecular flexibility index (Phi) is 5.15. The zero-order valence-electron chi connectivity index (χ0n) is 13.7. The Balaban J connectivity index is 1.54. The molecule has 3 aromatic rings. The predicted molar refractivity (Wildman–Crippen MR) is 106 cm³/mol. The smallest absolute Gasteiger partial charge is 0.253 e. The summed E-state index contributed by atoms with van der Waals surface area (Å²) in [5.41, 5.74) is 0.914. The van der Waals surface area contributed by atoms with Crippen molar-refractivity contribution < 1.29 is 9.21 Å². The average molecular weight is 403 g/mol. The number of thiophene rings is 1. The molecule has 3 heterocycles. The van der Waals surface area contributed by atoms with Crippen LogP contribution in [0.1, 0.15) is 23.1 Å². The third-order valence-electron chi connectivity index (χ3n) is 4.03. The van der Waals surface area contributed by atoms with E-state index in [-0.39, 0.29) is 17.7 Å². The van der Waals surface area contributed by atoms with Crippen molar-refractivity contribution in [2.24, 2.45) is 5.10 Å². The summed E-state index contributed by atoms with van der Waals surface area (Å²) in [6, 6.07) is 15.0. The van der Waals surface area contributed by atoms with Crippen LogP contribution in [-0.4, -0.2) is 22.4 Å². The van der Waals surface area contributed by atoms with E-state index >= 15 is 0 Å². The maximum absolute atomic E-state index is 12.9. The van der Waals surface area contributed by atoms with Gasteiger partial charge in [0.1, 0.15) is 11.8 Å². The SMILES string of the molecule is O=C(CSc1ccccc1Cl)N1N=C(c2cccs2)CC1c1ccco1. The van der Waals surface area contributed by atoms with Gasteiger partial charge in [-0.15, -0.1) is 23.1 Å². The van der Waals surface area contributed by atoms with Crippen LogP contribution >= 0.6 is 34.7 Å². The number of thioether (sulfide) groups is 1. The number of rotatable bonds is 5. The van der Waals surface area contributed by atoms with Crippen molar-refractivity contribution in [1.82, 2.24) is 5.01 Å². The van der Waals surface area contributed by atoms with Crippen LogP contribution in [-0.2, 0) is 4.79 Å². The van der Waals surface area contributed by atoms with Gasteiger partial charge < -0.3 is 4.42 Å². The van der Waals surface area contributed by atoms with Crippen molar-refractivity contribution in [2.45, 2.75) is 17.4 Å². The predicted octanol–water partition coefficient (Wildman–Crippen LogP) is 5.46. The first-order valence-corrected chi connectivity index (χ1v) is 10.3. The Labute approximate surface area is 164 Å². The lowest BCUT2D eigenvalue weighted by Crippen LogP contribution is -2.28. The Bertz CT molecular complexity index is 923. The van der Waals surface area contributed by atoms with Crippen molar-refractivity contribution in [3.8, 4) is 0 Å². The number of carbonyl (C=O) groups excluding carboxylic acids is 1. The first kappa shape index (κ1) is 17.4. The third kappa shape index (κ3) is 3.58. The maximum atomic E-state index is 12.9. The summed E-state index contributed by atoms with van der Waals surface area (Å²) < 4.78 is 5.55. The summed E-state index contributed by atoms with van der Waals surface area (Å²) in [6.07, 6.45) is 2.27. The number of hydrogen-bond acceptors (Lipinski definition) is 5. The molecular formula is C19H15ClN2O2S2. The van der Waals surface area contributed by atoms with Crippen LogP contribution in [0.2, 0.25) is 5.02 Å². The molecule has 0 saturated carbocycles. The van der Waals surface area contributed by atoms with Gasteiger partial charge in [-0.3, -0.25) is 4.79 Å². The van der Waals surface area contributed by atoms with E-state index < -0.39 is 0 Å². The van der Waals surface area contributed by atoms with E-state index in [9.17, 15) is 4.79 Å². The highest BCUT2D eigenvalue weighted by Gasteiger charge is 2.35. The molecule has 1 aliphatic rings. The number of hydrazone groups is 1. The van der Waals surface area contributed by atoms with E-state index in [2.05, 4.69) is 5.10 Å². The Morgan fingerprint density at radius 2 is 2.15 bits per heavy atom. The van der Waals surface area contributed by atoms with Gasteiger partial charge in [-0.1, -0.05) is 29.8 Å². The van der Waals surface area contributed by atoms with Crippen LogP contribution in [0.3, 0.4) is 0 Å². The third-order valence-corrected chi connectivity index (χ3v) is 6.45. The topological polar surface area (TPSA) is 45.8 Å². The number of amides is 1. The number of benzene rings is 1.